The third-order valence-corrected chi connectivity index (χ3v) is 4.56. The Bertz CT molecular complexity index is 523. The van der Waals surface area contributed by atoms with Crippen LogP contribution in [-0.4, -0.2) is 36.6 Å². The van der Waals surface area contributed by atoms with Gasteiger partial charge in [0, 0.05) is 30.2 Å². The molecule has 2 fully saturated rings. The summed E-state index contributed by atoms with van der Waals surface area (Å²) in [6.07, 6.45) is 2.58. The van der Waals surface area contributed by atoms with Crippen LogP contribution >= 0.6 is 11.6 Å². The lowest BCUT2D eigenvalue weighted by Crippen LogP contribution is -2.55. The van der Waals surface area contributed by atoms with Gasteiger partial charge in [-0.25, -0.2) is 0 Å². The molecule has 2 atom stereocenters. The Labute approximate surface area is 119 Å². The van der Waals surface area contributed by atoms with E-state index in [-0.39, 0.29) is 0 Å². The van der Waals surface area contributed by atoms with Gasteiger partial charge in [0.2, 0.25) is 0 Å². The number of hydrogen-bond donors (Lipinski definition) is 0. The lowest BCUT2D eigenvalue weighted by atomic mass is 10.0. The Morgan fingerprint density at radius 3 is 3.00 bits per heavy atom. The molecule has 100 valence electrons. The number of nitrogens with zero attached hydrogens (tertiary/aromatic N) is 3. The minimum atomic E-state index is 0.447. The summed E-state index contributed by atoms with van der Waals surface area (Å²) in [4.78, 5) is 4.96. The van der Waals surface area contributed by atoms with Crippen molar-refractivity contribution >= 4 is 17.3 Å². The van der Waals surface area contributed by atoms with Crippen molar-refractivity contribution in [3.63, 3.8) is 0 Å². The first-order valence-corrected chi connectivity index (χ1v) is 7.27. The molecule has 3 nitrogen and oxygen atoms in total. The lowest BCUT2D eigenvalue weighted by molar-refractivity contribution is 0.203. The Morgan fingerprint density at radius 1 is 1.37 bits per heavy atom. The molecule has 2 unspecified atom stereocenters. The number of rotatable bonds is 1. The van der Waals surface area contributed by atoms with E-state index in [0.717, 1.165) is 18.8 Å². The van der Waals surface area contributed by atoms with Crippen LogP contribution in [0.1, 0.15) is 25.3 Å². The maximum atomic E-state index is 9.30. The van der Waals surface area contributed by atoms with E-state index < -0.39 is 0 Å². The summed E-state index contributed by atoms with van der Waals surface area (Å²) in [5.41, 5.74) is 1.72. The molecule has 0 saturated carbocycles. The average molecular weight is 276 g/mol. The fraction of sp³-hybridized carbons (Fsp3) is 0.533. The van der Waals surface area contributed by atoms with Crippen molar-refractivity contribution in [3.05, 3.63) is 28.8 Å². The number of hydrogen-bond acceptors (Lipinski definition) is 3. The fourth-order valence-corrected chi connectivity index (χ4v) is 3.54. The van der Waals surface area contributed by atoms with Crippen LogP contribution in [0.5, 0.6) is 0 Å². The van der Waals surface area contributed by atoms with Crippen LogP contribution in [0, 0.1) is 11.3 Å². The van der Waals surface area contributed by atoms with E-state index in [1.165, 1.54) is 19.4 Å². The first-order chi connectivity index (χ1) is 9.19. The van der Waals surface area contributed by atoms with E-state index in [1.807, 2.05) is 12.1 Å². The molecular weight excluding hydrogens is 258 g/mol. The molecule has 1 aromatic carbocycles. The standard InChI is InChI=1S/C15H18ClN3/c1-11-9-18-6-2-3-14(18)10-19(11)15-5-4-13(16)7-12(15)8-17/h4-5,7,11,14H,2-3,6,9-10H2,1H3. The highest BCUT2D eigenvalue weighted by Gasteiger charge is 2.35. The zero-order valence-corrected chi connectivity index (χ0v) is 11.9. The predicted octanol–water partition coefficient (Wildman–Crippen LogP) is 2.88. The number of fused-ring (bicyclic) bond motifs is 1. The molecule has 3 rings (SSSR count). The summed E-state index contributed by atoms with van der Waals surface area (Å²) in [5.74, 6) is 0. The fourth-order valence-electron chi connectivity index (χ4n) is 3.37. The minimum absolute atomic E-state index is 0.447. The van der Waals surface area contributed by atoms with Crippen LogP contribution in [0.2, 0.25) is 5.02 Å². The summed E-state index contributed by atoms with van der Waals surface area (Å²) in [5, 5.41) is 9.93. The maximum Gasteiger partial charge on any atom is 0.101 e. The van der Waals surface area contributed by atoms with Gasteiger partial charge in [-0.2, -0.15) is 5.26 Å². The number of benzene rings is 1. The topological polar surface area (TPSA) is 30.3 Å². The number of halogens is 1. The molecule has 2 heterocycles. The molecule has 1 aromatic rings. The van der Waals surface area contributed by atoms with Crippen molar-refractivity contribution in [2.75, 3.05) is 24.5 Å². The van der Waals surface area contributed by atoms with Crippen molar-refractivity contribution in [1.82, 2.24) is 4.90 Å². The second-order valence-electron chi connectivity index (χ2n) is 5.57. The first kappa shape index (κ1) is 12.8. The molecule has 0 radical (unpaired) electrons. The van der Waals surface area contributed by atoms with E-state index in [9.17, 15) is 5.26 Å². The van der Waals surface area contributed by atoms with Crippen LogP contribution in [-0.2, 0) is 0 Å². The van der Waals surface area contributed by atoms with Crippen molar-refractivity contribution in [1.29, 1.82) is 5.26 Å². The number of anilines is 1. The highest BCUT2D eigenvalue weighted by molar-refractivity contribution is 6.30. The Hall–Kier alpha value is -1.24. The molecule has 0 N–H and O–H groups in total. The summed E-state index contributed by atoms with van der Waals surface area (Å²) in [6, 6.07) is 9.01. The second kappa shape index (κ2) is 5.03. The van der Waals surface area contributed by atoms with Gasteiger partial charge in [-0.05, 0) is 44.5 Å². The molecule has 0 amide bonds. The van der Waals surface area contributed by atoms with Gasteiger partial charge in [-0.15, -0.1) is 0 Å². The zero-order valence-electron chi connectivity index (χ0n) is 11.1. The van der Waals surface area contributed by atoms with Crippen molar-refractivity contribution in [2.24, 2.45) is 0 Å². The van der Waals surface area contributed by atoms with Crippen LogP contribution in [0.4, 0.5) is 5.69 Å². The monoisotopic (exact) mass is 275 g/mol. The third kappa shape index (κ3) is 2.31. The van der Waals surface area contributed by atoms with E-state index in [0.29, 0.717) is 22.7 Å². The highest BCUT2D eigenvalue weighted by atomic mass is 35.5. The third-order valence-electron chi connectivity index (χ3n) is 4.33. The van der Waals surface area contributed by atoms with E-state index >= 15 is 0 Å². The summed E-state index contributed by atoms with van der Waals surface area (Å²) < 4.78 is 0. The Morgan fingerprint density at radius 2 is 2.21 bits per heavy atom. The van der Waals surface area contributed by atoms with Gasteiger partial charge in [0.25, 0.3) is 0 Å². The summed E-state index contributed by atoms with van der Waals surface area (Å²) >= 11 is 5.98. The molecular formula is C15H18ClN3. The SMILES string of the molecule is CC1CN2CCCC2CN1c1ccc(Cl)cc1C#N. The molecule has 19 heavy (non-hydrogen) atoms. The average Bonchev–Trinajstić information content (AvgIpc) is 2.85. The van der Waals surface area contributed by atoms with Gasteiger partial charge in [0.1, 0.15) is 6.07 Å². The first-order valence-electron chi connectivity index (χ1n) is 6.89. The Kier molecular flexibility index (Phi) is 3.38. The molecule has 2 aliphatic rings. The second-order valence-corrected chi connectivity index (χ2v) is 6.00. The minimum Gasteiger partial charge on any atom is -0.365 e. The van der Waals surface area contributed by atoms with Crippen molar-refractivity contribution in [2.45, 2.75) is 31.8 Å². The van der Waals surface area contributed by atoms with E-state index in [1.54, 1.807) is 6.07 Å². The molecule has 0 aliphatic carbocycles. The van der Waals surface area contributed by atoms with Crippen LogP contribution in [0.25, 0.3) is 0 Å². The maximum absolute atomic E-state index is 9.30. The van der Waals surface area contributed by atoms with Gasteiger partial charge in [-0.3, -0.25) is 4.90 Å². The molecule has 4 heteroatoms. The predicted molar refractivity (Wildman–Crippen MR) is 77.6 cm³/mol. The van der Waals surface area contributed by atoms with Gasteiger partial charge in [0.15, 0.2) is 0 Å². The zero-order chi connectivity index (χ0) is 13.4. The highest BCUT2D eigenvalue weighted by Crippen LogP contribution is 2.31. The normalized spacial score (nSPS) is 27.1. The molecule has 2 saturated heterocycles. The van der Waals surface area contributed by atoms with Gasteiger partial charge in [0.05, 0.1) is 11.3 Å². The number of piperazine rings is 1. The van der Waals surface area contributed by atoms with Crippen molar-refractivity contribution < 1.29 is 0 Å². The summed E-state index contributed by atoms with van der Waals surface area (Å²) in [6.45, 7) is 5.59. The van der Waals surface area contributed by atoms with Crippen LogP contribution in [0.3, 0.4) is 0 Å². The van der Waals surface area contributed by atoms with Crippen molar-refractivity contribution in [3.8, 4) is 6.07 Å². The molecule has 0 bridgehead atoms. The van der Waals surface area contributed by atoms with E-state index in [4.69, 9.17) is 11.6 Å². The van der Waals surface area contributed by atoms with Gasteiger partial charge in [-0.1, -0.05) is 11.6 Å². The lowest BCUT2D eigenvalue weighted by Gasteiger charge is -2.44. The molecule has 2 aliphatic heterocycles. The Balaban J connectivity index is 1.91. The van der Waals surface area contributed by atoms with Crippen LogP contribution < -0.4 is 4.90 Å². The summed E-state index contributed by atoms with van der Waals surface area (Å²) in [7, 11) is 0. The quantitative estimate of drug-likeness (QED) is 0.789. The van der Waals surface area contributed by atoms with Gasteiger partial charge < -0.3 is 4.90 Å². The smallest absolute Gasteiger partial charge is 0.101 e. The van der Waals surface area contributed by atoms with Gasteiger partial charge >= 0.3 is 0 Å². The van der Waals surface area contributed by atoms with E-state index in [2.05, 4.69) is 22.8 Å². The number of nitriles is 1. The van der Waals surface area contributed by atoms with Crippen LogP contribution in [0.15, 0.2) is 18.2 Å². The molecule has 0 aromatic heterocycles. The largest absolute Gasteiger partial charge is 0.365 e. The molecule has 0 spiro atoms.